The van der Waals surface area contributed by atoms with E-state index in [1.54, 1.807) is 0 Å². The maximum Gasteiger partial charge on any atom is 0.326 e. The Morgan fingerprint density at radius 3 is 2.07 bits per heavy atom. The Bertz CT molecular complexity index is 568. The number of aliphatic imine (C=N–C) groups is 1. The highest BCUT2D eigenvalue weighted by Gasteiger charge is 2.27. The SMILES string of the molecule is NC(=O)CC[C@H](N)C(=O)N[C@@H](CS)C(=O)N[C@@H](CCCN=C(N)N)C(=O)O. The first-order chi connectivity index (χ1) is 12.6. The van der Waals surface area contributed by atoms with Gasteiger partial charge in [-0.3, -0.25) is 19.4 Å². The lowest BCUT2D eigenvalue weighted by Gasteiger charge is -2.21. The molecule has 0 aromatic heterocycles. The predicted octanol–water partition coefficient (Wildman–Crippen LogP) is -3.38. The number of carboxylic acid groups (broad SMARTS) is 1. The second-order valence-electron chi connectivity index (χ2n) is 5.70. The average Bonchev–Trinajstić information content (AvgIpc) is 2.58. The highest BCUT2D eigenvalue weighted by molar-refractivity contribution is 7.80. The summed E-state index contributed by atoms with van der Waals surface area (Å²) < 4.78 is 0. The topological polar surface area (TPSA) is 229 Å². The van der Waals surface area contributed by atoms with Gasteiger partial charge in [0.1, 0.15) is 12.1 Å². The summed E-state index contributed by atoms with van der Waals surface area (Å²) in [6.45, 7) is 0.212. The number of aliphatic carboxylic acids is 1. The molecule has 27 heavy (non-hydrogen) atoms. The summed E-state index contributed by atoms with van der Waals surface area (Å²) >= 11 is 3.98. The standard InChI is InChI=1S/C14H27N7O5S/c15-7(3-4-10(16)22)11(23)21-9(6-27)12(24)20-8(13(25)26)2-1-5-19-14(17)18/h7-9,27H,1-6,15H2,(H2,16,22)(H,20,24)(H,21,23)(H,25,26)(H4,17,18,19)/t7-,8-,9-/m0/s1. The maximum absolute atomic E-state index is 12.2. The van der Waals surface area contributed by atoms with Crippen LogP contribution in [0.25, 0.3) is 0 Å². The molecule has 154 valence electrons. The van der Waals surface area contributed by atoms with Crippen molar-refractivity contribution in [3.8, 4) is 0 Å². The number of thiol groups is 1. The van der Waals surface area contributed by atoms with E-state index < -0.39 is 41.8 Å². The fourth-order valence-electron chi connectivity index (χ4n) is 1.93. The molecule has 0 rings (SSSR count). The molecule has 0 saturated carbocycles. The highest BCUT2D eigenvalue weighted by atomic mass is 32.1. The third-order valence-corrected chi connectivity index (χ3v) is 3.78. The monoisotopic (exact) mass is 405 g/mol. The highest BCUT2D eigenvalue weighted by Crippen LogP contribution is 2.01. The number of hydrogen-bond donors (Lipinski definition) is 8. The number of rotatable bonds is 13. The van der Waals surface area contributed by atoms with E-state index in [1.165, 1.54) is 0 Å². The molecule has 0 saturated heterocycles. The van der Waals surface area contributed by atoms with Crippen LogP contribution < -0.4 is 33.6 Å². The van der Waals surface area contributed by atoms with Crippen molar-refractivity contribution >= 4 is 42.3 Å². The molecule has 0 heterocycles. The van der Waals surface area contributed by atoms with Crippen LogP contribution in [-0.4, -0.2) is 65.2 Å². The van der Waals surface area contributed by atoms with Crippen LogP contribution in [0.3, 0.4) is 0 Å². The van der Waals surface area contributed by atoms with E-state index in [9.17, 15) is 24.3 Å². The smallest absolute Gasteiger partial charge is 0.326 e. The lowest BCUT2D eigenvalue weighted by atomic mass is 10.1. The van der Waals surface area contributed by atoms with Gasteiger partial charge in [0.25, 0.3) is 0 Å². The van der Waals surface area contributed by atoms with Crippen LogP contribution >= 0.6 is 12.6 Å². The molecule has 0 aromatic rings. The number of primary amides is 1. The minimum atomic E-state index is -1.24. The lowest BCUT2D eigenvalue weighted by Crippen LogP contribution is -2.55. The van der Waals surface area contributed by atoms with Gasteiger partial charge in [0.15, 0.2) is 5.96 Å². The number of nitrogens with two attached hydrogens (primary N) is 4. The van der Waals surface area contributed by atoms with Crippen LogP contribution in [0.15, 0.2) is 4.99 Å². The Labute approximate surface area is 161 Å². The summed E-state index contributed by atoms with van der Waals surface area (Å²) in [4.78, 5) is 49.9. The molecule has 0 bridgehead atoms. The Kier molecular flexibility index (Phi) is 11.6. The number of amides is 3. The molecule has 0 spiro atoms. The zero-order valence-electron chi connectivity index (χ0n) is 14.8. The summed E-state index contributed by atoms with van der Waals surface area (Å²) in [5, 5.41) is 13.9. The second kappa shape index (κ2) is 12.8. The first kappa shape index (κ1) is 24.5. The molecule has 0 radical (unpaired) electrons. The van der Waals surface area contributed by atoms with E-state index in [-0.39, 0.29) is 37.5 Å². The fraction of sp³-hybridized carbons (Fsp3) is 0.643. The van der Waals surface area contributed by atoms with Crippen molar-refractivity contribution in [2.45, 2.75) is 43.8 Å². The number of hydrogen-bond acceptors (Lipinski definition) is 7. The third kappa shape index (κ3) is 10.9. The fourth-order valence-corrected chi connectivity index (χ4v) is 2.19. The zero-order valence-corrected chi connectivity index (χ0v) is 15.7. The van der Waals surface area contributed by atoms with Crippen molar-refractivity contribution in [3.63, 3.8) is 0 Å². The molecule has 3 amide bonds. The van der Waals surface area contributed by atoms with Gasteiger partial charge in [-0.2, -0.15) is 12.6 Å². The lowest BCUT2D eigenvalue weighted by molar-refractivity contribution is -0.142. The maximum atomic E-state index is 12.2. The van der Waals surface area contributed by atoms with Gasteiger partial charge in [-0.05, 0) is 19.3 Å². The van der Waals surface area contributed by atoms with Crippen molar-refractivity contribution in [3.05, 3.63) is 0 Å². The molecule has 12 nitrogen and oxygen atoms in total. The quantitative estimate of drug-likeness (QED) is 0.0665. The van der Waals surface area contributed by atoms with E-state index in [2.05, 4.69) is 28.3 Å². The normalized spacial score (nSPS) is 13.7. The van der Waals surface area contributed by atoms with Gasteiger partial charge in [-0.25, -0.2) is 4.79 Å². The van der Waals surface area contributed by atoms with Crippen LogP contribution in [0.4, 0.5) is 0 Å². The Balaban J connectivity index is 4.68. The number of nitrogens with zero attached hydrogens (tertiary/aromatic N) is 1. The predicted molar refractivity (Wildman–Crippen MR) is 102 cm³/mol. The molecule has 0 aliphatic rings. The van der Waals surface area contributed by atoms with Crippen LogP contribution in [0.2, 0.25) is 0 Å². The Morgan fingerprint density at radius 1 is 1.00 bits per heavy atom. The molecule has 11 N–H and O–H groups in total. The van der Waals surface area contributed by atoms with E-state index in [1.807, 2.05) is 0 Å². The molecule has 0 aliphatic carbocycles. The number of nitrogens with one attached hydrogen (secondary N) is 2. The molecule has 0 unspecified atom stereocenters. The van der Waals surface area contributed by atoms with Gasteiger partial charge in [0.05, 0.1) is 6.04 Å². The van der Waals surface area contributed by atoms with Gasteiger partial charge in [0, 0.05) is 18.7 Å². The van der Waals surface area contributed by atoms with Crippen molar-refractivity contribution in [2.75, 3.05) is 12.3 Å². The number of carbonyl (C=O) groups excluding carboxylic acids is 3. The van der Waals surface area contributed by atoms with Gasteiger partial charge in [-0.15, -0.1) is 0 Å². The van der Waals surface area contributed by atoms with Gasteiger partial charge in [-0.1, -0.05) is 0 Å². The molecule has 3 atom stereocenters. The van der Waals surface area contributed by atoms with Crippen LogP contribution in [0.5, 0.6) is 0 Å². The number of guanidine groups is 1. The van der Waals surface area contributed by atoms with Gasteiger partial charge in [0.2, 0.25) is 17.7 Å². The van der Waals surface area contributed by atoms with E-state index in [0.717, 1.165) is 0 Å². The second-order valence-corrected chi connectivity index (χ2v) is 6.07. The molecular weight excluding hydrogens is 378 g/mol. The first-order valence-corrected chi connectivity index (χ1v) is 8.75. The minimum absolute atomic E-state index is 0.0185. The van der Waals surface area contributed by atoms with Crippen molar-refractivity contribution in [1.29, 1.82) is 0 Å². The molecule has 0 aromatic carbocycles. The number of carbonyl (C=O) groups is 4. The summed E-state index contributed by atoms with van der Waals surface area (Å²) in [5.74, 6) is -3.45. The molecular formula is C14H27N7O5S. The van der Waals surface area contributed by atoms with E-state index in [4.69, 9.17) is 22.9 Å². The van der Waals surface area contributed by atoms with Crippen LogP contribution in [0.1, 0.15) is 25.7 Å². The summed E-state index contributed by atoms with van der Waals surface area (Å²) in [6.07, 6.45) is 0.349. The molecule has 0 fully saturated rings. The van der Waals surface area contributed by atoms with Gasteiger partial charge >= 0.3 is 5.97 Å². The van der Waals surface area contributed by atoms with E-state index >= 15 is 0 Å². The summed E-state index contributed by atoms with van der Waals surface area (Å²) in [5.41, 5.74) is 21.0. The summed E-state index contributed by atoms with van der Waals surface area (Å²) in [6, 6.07) is -3.32. The Morgan fingerprint density at radius 2 is 1.59 bits per heavy atom. The molecule has 0 aliphatic heterocycles. The largest absolute Gasteiger partial charge is 0.480 e. The van der Waals surface area contributed by atoms with E-state index in [0.29, 0.717) is 6.42 Å². The zero-order chi connectivity index (χ0) is 21.0. The first-order valence-electron chi connectivity index (χ1n) is 8.12. The minimum Gasteiger partial charge on any atom is -0.480 e. The Hall–Kier alpha value is -2.54. The summed E-state index contributed by atoms with van der Waals surface area (Å²) in [7, 11) is 0. The van der Waals surface area contributed by atoms with Gasteiger partial charge < -0.3 is 38.7 Å². The number of carboxylic acids is 1. The average molecular weight is 405 g/mol. The van der Waals surface area contributed by atoms with Crippen LogP contribution in [0, 0.1) is 0 Å². The van der Waals surface area contributed by atoms with Crippen molar-refractivity contribution < 1.29 is 24.3 Å². The van der Waals surface area contributed by atoms with Crippen LogP contribution in [-0.2, 0) is 19.2 Å². The third-order valence-electron chi connectivity index (χ3n) is 3.41. The van der Waals surface area contributed by atoms with Crippen molar-refractivity contribution in [2.24, 2.45) is 27.9 Å². The van der Waals surface area contributed by atoms with Crippen molar-refractivity contribution in [1.82, 2.24) is 10.6 Å². The molecule has 13 heteroatoms.